The van der Waals surface area contributed by atoms with Crippen LogP contribution in [0, 0.1) is 0 Å². The normalized spacial score (nSPS) is 12.3. The molecule has 0 radical (unpaired) electrons. The van der Waals surface area contributed by atoms with Crippen LogP contribution in [0.25, 0.3) is 0 Å². The average molecular weight is 559 g/mol. The lowest BCUT2D eigenvalue weighted by Gasteiger charge is -2.06. The van der Waals surface area contributed by atoms with Gasteiger partial charge in [0.15, 0.2) is 0 Å². The fourth-order valence-electron chi connectivity index (χ4n) is 4.72. The smallest absolute Gasteiger partial charge is 0.146 e. The minimum atomic E-state index is 0.473. The lowest BCUT2D eigenvalue weighted by molar-refractivity contribution is -0.0556. The molecule has 0 atom stereocenters. The molecule has 0 unspecified atom stereocenters. The summed E-state index contributed by atoms with van der Waals surface area (Å²) in [5.74, 6) is 0. The number of unbranched alkanes of at least 4 members (excludes halogenated alkanes) is 19. The molecule has 0 aromatic carbocycles. The molecule has 0 rings (SSSR count). The first-order valence-electron chi connectivity index (χ1n) is 17.7. The first-order valence-corrected chi connectivity index (χ1v) is 17.7. The Labute approximate surface area is 252 Å². The lowest BCUT2D eigenvalue weighted by atomic mass is 10.1. The summed E-state index contributed by atoms with van der Waals surface area (Å²) in [4.78, 5) is 0. The van der Waals surface area contributed by atoms with Gasteiger partial charge in [-0.15, -0.1) is 0 Å². The van der Waals surface area contributed by atoms with Gasteiger partial charge in [0.1, 0.15) is 6.79 Å². The van der Waals surface area contributed by atoms with Crippen LogP contribution >= 0.6 is 0 Å². The quantitative estimate of drug-likeness (QED) is 0.0453. The van der Waals surface area contributed by atoms with E-state index >= 15 is 0 Å². The highest BCUT2D eigenvalue weighted by molar-refractivity contribution is 4.92. The van der Waals surface area contributed by atoms with E-state index in [0.29, 0.717) is 6.79 Å². The Morgan fingerprint density at radius 3 is 1.07 bits per heavy atom. The Kier molecular flexibility index (Phi) is 36.8. The molecule has 0 aromatic heterocycles. The van der Waals surface area contributed by atoms with Crippen LogP contribution < -0.4 is 0 Å². The fourth-order valence-corrected chi connectivity index (χ4v) is 4.72. The molecule has 0 saturated carbocycles. The minimum absolute atomic E-state index is 0.473. The molecule has 0 fully saturated rings. The summed E-state index contributed by atoms with van der Waals surface area (Å²) in [6.07, 6.45) is 51.0. The molecular formula is C38H70O2. The van der Waals surface area contributed by atoms with Crippen LogP contribution in [0.5, 0.6) is 0 Å². The first-order chi connectivity index (χ1) is 19.9. The van der Waals surface area contributed by atoms with E-state index in [2.05, 4.69) is 62.5 Å². The van der Waals surface area contributed by atoms with Crippen LogP contribution in [0.2, 0.25) is 0 Å². The summed E-state index contributed by atoms with van der Waals surface area (Å²) in [6.45, 7) is 6.69. The highest BCUT2D eigenvalue weighted by Crippen LogP contribution is 2.10. The zero-order chi connectivity index (χ0) is 28.9. The Hall–Kier alpha value is -1.12. The van der Waals surface area contributed by atoms with Gasteiger partial charge in [0, 0.05) is 13.2 Å². The predicted molar refractivity (Wildman–Crippen MR) is 180 cm³/mol. The summed E-state index contributed by atoms with van der Waals surface area (Å²) < 4.78 is 11.3. The highest BCUT2D eigenvalue weighted by atomic mass is 16.7. The van der Waals surface area contributed by atoms with Crippen molar-refractivity contribution in [2.75, 3.05) is 20.0 Å². The summed E-state index contributed by atoms with van der Waals surface area (Å²) in [5, 5.41) is 0. The Morgan fingerprint density at radius 2 is 0.650 bits per heavy atom. The van der Waals surface area contributed by atoms with Gasteiger partial charge in [-0.25, -0.2) is 0 Å². The van der Waals surface area contributed by atoms with Crippen LogP contribution in [-0.2, 0) is 9.47 Å². The van der Waals surface area contributed by atoms with Crippen molar-refractivity contribution in [1.29, 1.82) is 0 Å². The average Bonchev–Trinajstić information content (AvgIpc) is 2.97. The Morgan fingerprint density at radius 1 is 0.325 bits per heavy atom. The van der Waals surface area contributed by atoms with E-state index < -0.39 is 0 Å². The monoisotopic (exact) mass is 559 g/mol. The Balaban J connectivity index is 3.15. The Bertz CT molecular complexity index is 560. The van der Waals surface area contributed by atoms with Crippen LogP contribution in [0.15, 0.2) is 48.6 Å². The van der Waals surface area contributed by atoms with Gasteiger partial charge in [0.05, 0.1) is 0 Å². The van der Waals surface area contributed by atoms with E-state index in [1.54, 1.807) is 0 Å². The first kappa shape index (κ1) is 38.9. The van der Waals surface area contributed by atoms with Crippen molar-refractivity contribution in [3.63, 3.8) is 0 Å². The van der Waals surface area contributed by atoms with Gasteiger partial charge in [-0.1, -0.05) is 140 Å². The summed E-state index contributed by atoms with van der Waals surface area (Å²) >= 11 is 0. The molecule has 0 aliphatic carbocycles. The molecule has 2 heteroatoms. The lowest BCUT2D eigenvalue weighted by Crippen LogP contribution is -2.03. The number of rotatable bonds is 33. The van der Waals surface area contributed by atoms with Gasteiger partial charge in [-0.05, 0) is 83.5 Å². The highest BCUT2D eigenvalue weighted by Gasteiger charge is 1.94. The van der Waals surface area contributed by atoms with Gasteiger partial charge >= 0.3 is 0 Å². The molecule has 2 nitrogen and oxygen atoms in total. The van der Waals surface area contributed by atoms with Crippen molar-refractivity contribution in [1.82, 2.24) is 0 Å². The summed E-state index contributed by atoms with van der Waals surface area (Å²) in [5.41, 5.74) is 0. The second-order valence-corrected chi connectivity index (χ2v) is 11.4. The molecule has 0 N–H and O–H groups in total. The zero-order valence-electron chi connectivity index (χ0n) is 27.2. The van der Waals surface area contributed by atoms with Crippen LogP contribution in [0.1, 0.15) is 174 Å². The SMILES string of the molecule is CCCCCC=CCC/C=C\CCCCCCCCOCOCCCCCCCC/C=C\C/C=C\CCCCC. The molecule has 0 aliphatic heterocycles. The third kappa shape index (κ3) is 36.9. The van der Waals surface area contributed by atoms with E-state index in [1.165, 1.54) is 154 Å². The third-order valence-corrected chi connectivity index (χ3v) is 7.37. The number of hydrogen-bond acceptors (Lipinski definition) is 2. The maximum absolute atomic E-state index is 5.64. The molecule has 0 heterocycles. The maximum Gasteiger partial charge on any atom is 0.146 e. The van der Waals surface area contributed by atoms with Crippen LogP contribution in [0.3, 0.4) is 0 Å². The molecule has 0 spiro atoms. The van der Waals surface area contributed by atoms with Gasteiger partial charge in [-0.2, -0.15) is 0 Å². The third-order valence-electron chi connectivity index (χ3n) is 7.37. The summed E-state index contributed by atoms with van der Waals surface area (Å²) in [6, 6.07) is 0. The largest absolute Gasteiger partial charge is 0.355 e. The predicted octanol–water partition coefficient (Wildman–Crippen LogP) is 13.0. The van der Waals surface area contributed by atoms with Crippen LogP contribution in [-0.4, -0.2) is 20.0 Å². The maximum atomic E-state index is 5.64. The molecule has 40 heavy (non-hydrogen) atoms. The van der Waals surface area contributed by atoms with Crippen molar-refractivity contribution in [2.24, 2.45) is 0 Å². The number of allylic oxidation sites excluding steroid dienone is 8. The molecule has 234 valence electrons. The number of hydrogen-bond donors (Lipinski definition) is 0. The second kappa shape index (κ2) is 37.9. The van der Waals surface area contributed by atoms with E-state index in [4.69, 9.17) is 9.47 Å². The van der Waals surface area contributed by atoms with Gasteiger partial charge in [0.25, 0.3) is 0 Å². The van der Waals surface area contributed by atoms with Crippen LogP contribution in [0.4, 0.5) is 0 Å². The van der Waals surface area contributed by atoms with Crippen molar-refractivity contribution >= 4 is 0 Å². The molecule has 0 saturated heterocycles. The van der Waals surface area contributed by atoms with Crippen molar-refractivity contribution in [3.8, 4) is 0 Å². The molecule has 0 aliphatic rings. The van der Waals surface area contributed by atoms with Gasteiger partial charge in [0.2, 0.25) is 0 Å². The summed E-state index contributed by atoms with van der Waals surface area (Å²) in [7, 11) is 0. The van der Waals surface area contributed by atoms with Gasteiger partial charge < -0.3 is 9.47 Å². The fraction of sp³-hybridized carbons (Fsp3) is 0.789. The van der Waals surface area contributed by atoms with E-state index in [9.17, 15) is 0 Å². The van der Waals surface area contributed by atoms with Crippen molar-refractivity contribution in [3.05, 3.63) is 48.6 Å². The standard InChI is InChI=1S/C38H70O2/c1-3-5-7-9-11-13-15-17-19-21-23-25-27-29-31-33-35-37-40-38-39-36-34-32-30-28-26-24-22-20-18-16-14-12-10-8-6-4-2/h11-14,18-21H,3-10,15-17,22-38H2,1-2H3/b13-11?,14-12-,20-18-,21-19-. The zero-order valence-corrected chi connectivity index (χ0v) is 27.2. The van der Waals surface area contributed by atoms with E-state index in [1.807, 2.05) is 0 Å². The van der Waals surface area contributed by atoms with Crippen molar-refractivity contribution in [2.45, 2.75) is 174 Å². The second-order valence-electron chi connectivity index (χ2n) is 11.4. The topological polar surface area (TPSA) is 18.5 Å². The number of ether oxygens (including phenoxy) is 2. The van der Waals surface area contributed by atoms with Crippen molar-refractivity contribution < 1.29 is 9.47 Å². The molecular weight excluding hydrogens is 488 g/mol. The molecule has 0 amide bonds. The molecule has 0 aromatic rings. The molecule has 0 bridgehead atoms. The van der Waals surface area contributed by atoms with E-state index in [-0.39, 0.29) is 0 Å². The van der Waals surface area contributed by atoms with E-state index in [0.717, 1.165) is 19.6 Å². The minimum Gasteiger partial charge on any atom is -0.355 e. The van der Waals surface area contributed by atoms with Gasteiger partial charge in [-0.3, -0.25) is 0 Å².